The number of hydrogen-bond donors (Lipinski definition) is 2. The van der Waals surface area contributed by atoms with Crippen LogP contribution in [0.4, 0.5) is 0 Å². The molecule has 1 saturated heterocycles. The minimum absolute atomic E-state index is 0.0650. The van der Waals surface area contributed by atoms with Crippen LogP contribution in [0.1, 0.15) is 17.8 Å². The van der Waals surface area contributed by atoms with Crippen molar-refractivity contribution in [2.24, 2.45) is 0 Å². The fourth-order valence-electron chi connectivity index (χ4n) is 1.70. The van der Waals surface area contributed by atoms with E-state index >= 15 is 0 Å². The van der Waals surface area contributed by atoms with Crippen molar-refractivity contribution in [1.29, 1.82) is 0 Å². The van der Waals surface area contributed by atoms with E-state index in [4.69, 9.17) is 0 Å². The van der Waals surface area contributed by atoms with Gasteiger partial charge in [-0.25, -0.2) is 4.98 Å². The second-order valence-electron chi connectivity index (χ2n) is 3.81. The average molecular weight is 237 g/mol. The fraction of sp³-hybridized carbons (Fsp3) is 0.455. The number of nitrogens with zero attached hydrogens (tertiary/aromatic N) is 1. The van der Waals surface area contributed by atoms with Crippen LogP contribution in [0.15, 0.2) is 23.9 Å². The molecule has 1 unspecified atom stereocenters. The van der Waals surface area contributed by atoms with Crippen molar-refractivity contribution in [1.82, 2.24) is 15.6 Å². The molecule has 86 valence electrons. The molecule has 16 heavy (non-hydrogen) atoms. The van der Waals surface area contributed by atoms with Gasteiger partial charge in [-0.1, -0.05) is 6.58 Å². The lowest BCUT2D eigenvalue weighted by molar-refractivity contribution is -0.122. The minimum Gasteiger partial charge on any atom is -0.378 e. The van der Waals surface area contributed by atoms with Gasteiger partial charge < -0.3 is 10.6 Å². The van der Waals surface area contributed by atoms with Gasteiger partial charge in [-0.05, 0) is 12.8 Å². The number of amides is 1. The molecule has 0 aromatic carbocycles. The molecule has 0 saturated carbocycles. The van der Waals surface area contributed by atoms with Crippen molar-refractivity contribution in [2.45, 2.75) is 25.3 Å². The first-order valence-corrected chi connectivity index (χ1v) is 6.24. The summed E-state index contributed by atoms with van der Waals surface area (Å²) in [5, 5.41) is 8.99. The zero-order valence-electron chi connectivity index (χ0n) is 9.03. The lowest BCUT2D eigenvalue weighted by Gasteiger charge is -2.10. The fourth-order valence-corrected chi connectivity index (χ4v) is 2.32. The van der Waals surface area contributed by atoms with Crippen molar-refractivity contribution in [3.63, 3.8) is 0 Å². The van der Waals surface area contributed by atoms with Gasteiger partial charge in [-0.3, -0.25) is 4.79 Å². The van der Waals surface area contributed by atoms with E-state index in [0.29, 0.717) is 6.54 Å². The van der Waals surface area contributed by atoms with Crippen LogP contribution in [0.5, 0.6) is 0 Å². The normalized spacial score (nSPS) is 19.5. The van der Waals surface area contributed by atoms with Crippen LogP contribution in [0, 0.1) is 0 Å². The van der Waals surface area contributed by atoms with Crippen molar-refractivity contribution >= 4 is 17.2 Å². The van der Waals surface area contributed by atoms with Crippen LogP contribution in [0.3, 0.4) is 0 Å². The van der Waals surface area contributed by atoms with Gasteiger partial charge in [0.1, 0.15) is 6.04 Å². The van der Waals surface area contributed by atoms with Gasteiger partial charge in [-0.15, -0.1) is 11.3 Å². The molecule has 0 aliphatic carbocycles. The van der Waals surface area contributed by atoms with Crippen molar-refractivity contribution in [3.8, 4) is 0 Å². The van der Waals surface area contributed by atoms with E-state index in [1.807, 2.05) is 5.38 Å². The predicted molar refractivity (Wildman–Crippen MR) is 64.1 cm³/mol. The third-order valence-corrected chi connectivity index (χ3v) is 3.39. The largest absolute Gasteiger partial charge is 0.378 e. The van der Waals surface area contributed by atoms with E-state index in [-0.39, 0.29) is 11.9 Å². The second-order valence-corrected chi connectivity index (χ2v) is 4.79. The summed E-state index contributed by atoms with van der Waals surface area (Å²) in [5.41, 5.74) is 0.958. The van der Waals surface area contributed by atoms with E-state index in [9.17, 15) is 4.79 Å². The van der Waals surface area contributed by atoms with Crippen LogP contribution in [0.25, 0.3) is 0 Å². The topological polar surface area (TPSA) is 54.0 Å². The number of carbonyl (C=O) groups is 1. The SMILES string of the molecule is C=C1CCC(C(=O)NCCc2nccs2)N1. The second kappa shape index (κ2) is 5.12. The first-order chi connectivity index (χ1) is 7.75. The van der Waals surface area contributed by atoms with E-state index in [1.165, 1.54) is 0 Å². The molecule has 4 nitrogen and oxygen atoms in total. The molecule has 2 N–H and O–H groups in total. The smallest absolute Gasteiger partial charge is 0.242 e. The van der Waals surface area contributed by atoms with E-state index < -0.39 is 0 Å². The van der Waals surface area contributed by atoms with Crippen molar-refractivity contribution in [3.05, 3.63) is 28.9 Å². The van der Waals surface area contributed by atoms with Gasteiger partial charge in [-0.2, -0.15) is 0 Å². The summed E-state index contributed by atoms with van der Waals surface area (Å²) in [6.07, 6.45) is 4.33. The molecular formula is C11H15N3OS. The summed E-state index contributed by atoms with van der Waals surface area (Å²) in [5.74, 6) is 0.0650. The Bertz CT molecular complexity index is 375. The third kappa shape index (κ3) is 2.82. The highest BCUT2D eigenvalue weighted by molar-refractivity contribution is 7.09. The molecule has 1 aliphatic rings. The van der Waals surface area contributed by atoms with Crippen LogP contribution in [-0.2, 0) is 11.2 Å². The minimum atomic E-state index is -0.0937. The summed E-state index contributed by atoms with van der Waals surface area (Å²) in [7, 11) is 0. The number of aromatic nitrogens is 1. The average Bonchev–Trinajstić information content (AvgIpc) is 2.89. The predicted octanol–water partition coefficient (Wildman–Crippen LogP) is 1.07. The monoisotopic (exact) mass is 237 g/mol. The first kappa shape index (κ1) is 11.1. The number of carbonyl (C=O) groups excluding carboxylic acids is 1. The molecule has 1 fully saturated rings. The standard InChI is InChI=1S/C11H15N3OS/c1-8-2-3-9(14-8)11(15)13-5-4-10-12-6-7-16-10/h6-7,9,14H,1-5H2,(H,13,15). The molecule has 0 bridgehead atoms. The van der Waals surface area contributed by atoms with Crippen LogP contribution in [0.2, 0.25) is 0 Å². The van der Waals surface area contributed by atoms with Gasteiger partial charge in [0.25, 0.3) is 0 Å². The Morgan fingerprint density at radius 1 is 1.75 bits per heavy atom. The maximum absolute atomic E-state index is 11.7. The Labute approximate surface area is 98.8 Å². The van der Waals surface area contributed by atoms with Gasteiger partial charge in [0.2, 0.25) is 5.91 Å². The Kier molecular flexibility index (Phi) is 3.56. The van der Waals surface area contributed by atoms with Crippen molar-refractivity contribution < 1.29 is 4.79 Å². The molecule has 1 aromatic heterocycles. The first-order valence-electron chi connectivity index (χ1n) is 5.36. The maximum Gasteiger partial charge on any atom is 0.242 e. The van der Waals surface area contributed by atoms with E-state index in [1.54, 1.807) is 17.5 Å². The number of rotatable bonds is 4. The van der Waals surface area contributed by atoms with Gasteiger partial charge in [0, 0.05) is 30.2 Å². The van der Waals surface area contributed by atoms with Crippen LogP contribution in [-0.4, -0.2) is 23.5 Å². The molecule has 1 aliphatic heterocycles. The molecule has 2 heterocycles. The lowest BCUT2D eigenvalue weighted by atomic mass is 10.2. The quantitative estimate of drug-likeness (QED) is 0.823. The third-order valence-electron chi connectivity index (χ3n) is 2.55. The van der Waals surface area contributed by atoms with Crippen molar-refractivity contribution in [2.75, 3.05) is 6.54 Å². The Balaban J connectivity index is 1.70. The summed E-state index contributed by atoms with van der Waals surface area (Å²) in [6.45, 7) is 4.46. The number of nitrogens with one attached hydrogen (secondary N) is 2. The molecular weight excluding hydrogens is 222 g/mol. The molecule has 2 rings (SSSR count). The van der Waals surface area contributed by atoms with Gasteiger partial charge in [0.05, 0.1) is 5.01 Å². The lowest BCUT2D eigenvalue weighted by Crippen LogP contribution is -2.40. The molecule has 1 atom stereocenters. The highest BCUT2D eigenvalue weighted by Gasteiger charge is 2.23. The summed E-state index contributed by atoms with van der Waals surface area (Å²) < 4.78 is 0. The van der Waals surface area contributed by atoms with Gasteiger partial charge >= 0.3 is 0 Å². The molecule has 5 heteroatoms. The van der Waals surface area contributed by atoms with Gasteiger partial charge in [0.15, 0.2) is 0 Å². The Morgan fingerprint density at radius 3 is 3.25 bits per heavy atom. The summed E-state index contributed by atoms with van der Waals surface area (Å²) >= 11 is 1.62. The maximum atomic E-state index is 11.7. The summed E-state index contributed by atoms with van der Waals surface area (Å²) in [4.78, 5) is 15.8. The highest BCUT2D eigenvalue weighted by Crippen LogP contribution is 2.13. The van der Waals surface area contributed by atoms with E-state index in [2.05, 4.69) is 22.2 Å². The van der Waals surface area contributed by atoms with Crippen LogP contribution < -0.4 is 10.6 Å². The van der Waals surface area contributed by atoms with Crippen LogP contribution >= 0.6 is 11.3 Å². The molecule has 1 amide bonds. The van der Waals surface area contributed by atoms with E-state index in [0.717, 1.165) is 30.0 Å². The Hall–Kier alpha value is -1.36. The number of thiazole rings is 1. The molecule has 0 radical (unpaired) electrons. The number of allylic oxidation sites excluding steroid dienone is 1. The molecule has 1 aromatic rings. The highest BCUT2D eigenvalue weighted by atomic mass is 32.1. The summed E-state index contributed by atoms with van der Waals surface area (Å²) in [6, 6.07) is -0.0937. The Morgan fingerprint density at radius 2 is 2.62 bits per heavy atom. The number of hydrogen-bond acceptors (Lipinski definition) is 4. The molecule has 0 spiro atoms. The zero-order chi connectivity index (χ0) is 11.4. The zero-order valence-corrected chi connectivity index (χ0v) is 9.85.